The van der Waals surface area contributed by atoms with Crippen LogP contribution in [0.2, 0.25) is 0 Å². The highest BCUT2D eigenvalue weighted by Crippen LogP contribution is 2.12. The molecule has 1 atom stereocenters. The van der Waals surface area contributed by atoms with Crippen molar-refractivity contribution in [2.75, 3.05) is 0 Å². The lowest BCUT2D eigenvalue weighted by molar-refractivity contribution is -0.119. The van der Waals surface area contributed by atoms with E-state index in [0.717, 1.165) is 0 Å². The molecule has 0 saturated heterocycles. The molecule has 0 N–H and O–H groups in total. The summed E-state index contributed by atoms with van der Waals surface area (Å²) in [5.74, 6) is -0.0196. The number of carbonyl (C=O) groups is 2. The molecule has 0 fully saturated rings. The van der Waals surface area contributed by atoms with Crippen molar-refractivity contribution in [2.45, 2.75) is 60.1 Å². The molecule has 6 heteroatoms. The molecular formula is C15H24N2O4. The molecule has 0 aromatic carbocycles. The first-order valence-electron chi connectivity index (χ1n) is 6.75. The van der Waals surface area contributed by atoms with Crippen molar-refractivity contribution < 1.29 is 19.1 Å². The third kappa shape index (κ3) is 8.02. The molecular weight excluding hydrogens is 272 g/mol. The molecule has 0 aliphatic rings. The molecule has 0 spiro atoms. The van der Waals surface area contributed by atoms with E-state index in [1.54, 1.807) is 54.7 Å². The summed E-state index contributed by atoms with van der Waals surface area (Å²) in [4.78, 5) is 31.8. The van der Waals surface area contributed by atoms with Crippen LogP contribution in [0, 0.1) is 0 Å². The first kappa shape index (κ1) is 19.0. The second-order valence-corrected chi connectivity index (χ2v) is 5.32. The zero-order valence-corrected chi connectivity index (χ0v) is 13.8. The van der Waals surface area contributed by atoms with Gasteiger partial charge in [-0.2, -0.15) is 0 Å². The monoisotopic (exact) mass is 296 g/mol. The van der Waals surface area contributed by atoms with Crippen LogP contribution >= 0.6 is 0 Å². The van der Waals surface area contributed by atoms with E-state index in [2.05, 4.69) is 9.98 Å². The maximum atomic E-state index is 12.2. The topological polar surface area (TPSA) is 77.3 Å². The normalized spacial score (nSPS) is 15.0. The fourth-order valence-electron chi connectivity index (χ4n) is 1.38. The number of amidine groups is 1. The van der Waals surface area contributed by atoms with Crippen LogP contribution in [0.5, 0.6) is 0 Å². The van der Waals surface area contributed by atoms with Gasteiger partial charge in [-0.25, -0.2) is 9.79 Å². The molecule has 0 aromatic rings. The molecule has 0 rings (SSSR count). The van der Waals surface area contributed by atoms with E-state index in [9.17, 15) is 9.59 Å². The van der Waals surface area contributed by atoms with E-state index in [1.807, 2.05) is 0 Å². The fraction of sp³-hybridized carbons (Fsp3) is 0.600. The Bertz CT molecular complexity index is 471. The van der Waals surface area contributed by atoms with Gasteiger partial charge in [-0.1, -0.05) is 0 Å². The Morgan fingerprint density at radius 2 is 1.76 bits per heavy atom. The predicted molar refractivity (Wildman–Crippen MR) is 82.8 cm³/mol. The highest BCUT2D eigenvalue weighted by atomic mass is 16.7. The van der Waals surface area contributed by atoms with Gasteiger partial charge in [0, 0.05) is 6.21 Å². The van der Waals surface area contributed by atoms with E-state index < -0.39 is 23.6 Å². The summed E-state index contributed by atoms with van der Waals surface area (Å²) >= 11 is 0. The van der Waals surface area contributed by atoms with Gasteiger partial charge in [0.05, 0.1) is 0 Å². The lowest BCUT2D eigenvalue weighted by Crippen LogP contribution is -2.27. The van der Waals surface area contributed by atoms with E-state index >= 15 is 0 Å². The van der Waals surface area contributed by atoms with Crippen LogP contribution in [-0.4, -0.2) is 35.6 Å². The number of allylic oxidation sites excluding steroid dienone is 1. The van der Waals surface area contributed by atoms with Gasteiger partial charge in [-0.05, 0) is 54.5 Å². The van der Waals surface area contributed by atoms with Gasteiger partial charge >= 0.3 is 6.16 Å². The quantitative estimate of drug-likeness (QED) is 0.262. The lowest BCUT2D eigenvalue weighted by Gasteiger charge is -2.19. The van der Waals surface area contributed by atoms with Gasteiger partial charge in [-0.3, -0.25) is 9.79 Å². The Balaban J connectivity index is 4.86. The fourth-order valence-corrected chi connectivity index (χ4v) is 1.38. The Morgan fingerprint density at radius 1 is 1.19 bits per heavy atom. The average molecular weight is 296 g/mol. The molecule has 0 amide bonds. The highest BCUT2D eigenvalue weighted by molar-refractivity contribution is 6.00. The summed E-state index contributed by atoms with van der Waals surface area (Å²) < 4.78 is 9.95. The number of hydrogen-bond donors (Lipinski definition) is 0. The van der Waals surface area contributed by atoms with E-state index in [0.29, 0.717) is 5.84 Å². The van der Waals surface area contributed by atoms with Gasteiger partial charge in [0.25, 0.3) is 0 Å². The highest BCUT2D eigenvalue weighted by Gasteiger charge is 2.24. The number of nitrogens with zero attached hydrogens (tertiary/aromatic N) is 2. The third-order valence-corrected chi connectivity index (χ3v) is 2.16. The number of Topliss-reactive ketones (excluding diaryl/α,β-unsaturated/α-hetero) is 1. The average Bonchev–Trinajstić information content (AvgIpc) is 2.33. The van der Waals surface area contributed by atoms with Crippen molar-refractivity contribution in [1.29, 1.82) is 0 Å². The molecule has 0 aliphatic heterocycles. The molecule has 0 radical (unpaired) electrons. The number of carbonyl (C=O) groups excluding carboxylic acids is 2. The van der Waals surface area contributed by atoms with Gasteiger partial charge in [0.15, 0.2) is 5.76 Å². The number of ether oxygens (including phenoxy) is 2. The van der Waals surface area contributed by atoms with Gasteiger partial charge in [0.2, 0.25) is 5.78 Å². The summed E-state index contributed by atoms with van der Waals surface area (Å²) in [5, 5.41) is 0. The van der Waals surface area contributed by atoms with Gasteiger partial charge in [-0.15, -0.1) is 0 Å². The Morgan fingerprint density at radius 3 is 2.19 bits per heavy atom. The maximum absolute atomic E-state index is 12.2. The molecule has 118 valence electrons. The first-order valence-corrected chi connectivity index (χ1v) is 6.75. The first-order chi connectivity index (χ1) is 9.60. The molecule has 21 heavy (non-hydrogen) atoms. The molecule has 1 unspecified atom stereocenters. The summed E-state index contributed by atoms with van der Waals surface area (Å²) in [6.45, 7) is 11.8. The zero-order valence-electron chi connectivity index (χ0n) is 13.8. The summed E-state index contributed by atoms with van der Waals surface area (Å²) in [5.41, 5.74) is -0.685. The summed E-state index contributed by atoms with van der Waals surface area (Å²) in [6, 6.07) is -0.692. The van der Waals surface area contributed by atoms with E-state index in [4.69, 9.17) is 9.47 Å². The van der Waals surface area contributed by atoms with Crippen LogP contribution in [0.15, 0.2) is 21.8 Å². The second kappa shape index (κ2) is 8.34. The number of aliphatic imine (C=N–C) groups is 2. The Labute approximate surface area is 125 Å². The molecule has 0 aromatic heterocycles. The van der Waals surface area contributed by atoms with Crippen molar-refractivity contribution in [3.63, 3.8) is 0 Å². The molecule has 6 nitrogen and oxygen atoms in total. The van der Waals surface area contributed by atoms with Crippen LogP contribution in [0.25, 0.3) is 0 Å². The third-order valence-electron chi connectivity index (χ3n) is 2.16. The van der Waals surface area contributed by atoms with Crippen LogP contribution in [-0.2, 0) is 14.3 Å². The minimum absolute atomic E-state index is 0.0891. The molecule has 0 aliphatic carbocycles. The SMILES string of the molecule is C/C=N\C(C)=N/C(C)C(=O)/C(=C\C)OC(=O)OC(C)(C)C. The van der Waals surface area contributed by atoms with Crippen molar-refractivity contribution in [3.05, 3.63) is 11.8 Å². The molecule has 0 bridgehead atoms. The van der Waals surface area contributed by atoms with E-state index in [-0.39, 0.29) is 5.76 Å². The predicted octanol–water partition coefficient (Wildman–Crippen LogP) is 3.31. The molecule has 0 heterocycles. The molecule has 0 saturated carbocycles. The van der Waals surface area contributed by atoms with Crippen molar-refractivity contribution in [3.8, 4) is 0 Å². The summed E-state index contributed by atoms with van der Waals surface area (Å²) in [6.07, 6.45) is 2.09. The van der Waals surface area contributed by atoms with E-state index in [1.165, 1.54) is 6.08 Å². The van der Waals surface area contributed by atoms with Crippen LogP contribution < -0.4 is 0 Å². The lowest BCUT2D eigenvalue weighted by atomic mass is 10.2. The number of rotatable bonds is 4. The van der Waals surface area contributed by atoms with Crippen molar-refractivity contribution in [2.24, 2.45) is 9.98 Å². The number of ketones is 1. The van der Waals surface area contributed by atoms with Crippen LogP contribution in [0.3, 0.4) is 0 Å². The summed E-state index contributed by atoms with van der Waals surface area (Å²) in [7, 11) is 0. The number of hydrogen-bond acceptors (Lipinski definition) is 5. The Hall–Kier alpha value is -1.98. The van der Waals surface area contributed by atoms with Crippen LogP contribution in [0.4, 0.5) is 4.79 Å². The van der Waals surface area contributed by atoms with Crippen LogP contribution in [0.1, 0.15) is 48.5 Å². The van der Waals surface area contributed by atoms with Gasteiger partial charge in [0.1, 0.15) is 17.5 Å². The minimum atomic E-state index is -0.913. The van der Waals surface area contributed by atoms with Crippen molar-refractivity contribution >= 4 is 24.0 Å². The Kier molecular flexibility index (Phi) is 7.55. The second-order valence-electron chi connectivity index (χ2n) is 5.32. The van der Waals surface area contributed by atoms with Gasteiger partial charge < -0.3 is 9.47 Å². The maximum Gasteiger partial charge on any atom is 0.514 e. The largest absolute Gasteiger partial charge is 0.514 e. The zero-order chi connectivity index (χ0) is 16.6. The minimum Gasteiger partial charge on any atom is -0.428 e. The smallest absolute Gasteiger partial charge is 0.428 e. The standard InChI is InChI=1S/C15H24N2O4/c1-8-12(20-14(19)21-15(5,6)7)13(18)10(3)17-11(4)16-9-2/h8-10H,1-7H3/b12-8+,16-9-,17-11-. The van der Waals surface area contributed by atoms with Crippen molar-refractivity contribution in [1.82, 2.24) is 0 Å².